The van der Waals surface area contributed by atoms with E-state index >= 15 is 0 Å². The van der Waals surface area contributed by atoms with Gasteiger partial charge in [0.2, 0.25) is 5.95 Å². The lowest BCUT2D eigenvalue weighted by Gasteiger charge is -2.35. The summed E-state index contributed by atoms with van der Waals surface area (Å²) in [4.78, 5) is 25.5. The smallest absolute Gasteiger partial charge is 0.313 e. The van der Waals surface area contributed by atoms with Crippen LogP contribution in [-0.2, 0) is 19.7 Å². The summed E-state index contributed by atoms with van der Waals surface area (Å²) in [5.41, 5.74) is -0.410. The number of hydrogen-bond donors (Lipinski definition) is 1. The van der Waals surface area contributed by atoms with Gasteiger partial charge >= 0.3 is 5.97 Å². The van der Waals surface area contributed by atoms with Gasteiger partial charge in [0.15, 0.2) is 0 Å². The molecule has 0 unspecified atom stereocenters. The van der Waals surface area contributed by atoms with Crippen LogP contribution in [0.2, 0.25) is 0 Å². The minimum atomic E-state index is -1.06. The molecule has 1 aromatic rings. The van der Waals surface area contributed by atoms with Gasteiger partial charge in [-0.05, 0) is 32.6 Å². The highest BCUT2D eigenvalue weighted by atomic mass is 16.5. The highest BCUT2D eigenvalue weighted by molar-refractivity contribution is 5.82. The Bertz CT molecular complexity index is 653. The number of hydrogen-bond acceptors (Lipinski definition) is 7. The first kappa shape index (κ1) is 19.8. The Morgan fingerprint density at radius 3 is 2.52 bits per heavy atom. The summed E-state index contributed by atoms with van der Waals surface area (Å²) < 4.78 is 10.7. The molecule has 1 N–H and O–H groups in total. The monoisotopic (exact) mass is 378 g/mol. The van der Waals surface area contributed by atoms with Crippen molar-refractivity contribution < 1.29 is 19.4 Å². The summed E-state index contributed by atoms with van der Waals surface area (Å²) in [6.45, 7) is 8.62. The quantitative estimate of drug-likeness (QED) is 0.798. The molecule has 8 heteroatoms. The molecule has 0 bridgehead atoms. The van der Waals surface area contributed by atoms with Gasteiger partial charge in [-0.25, -0.2) is 4.98 Å². The Morgan fingerprint density at radius 1 is 1.26 bits per heavy atom. The summed E-state index contributed by atoms with van der Waals surface area (Å²) in [7, 11) is 1.74. The van der Waals surface area contributed by atoms with Crippen molar-refractivity contribution in [2.75, 3.05) is 62.9 Å². The Labute approximate surface area is 160 Å². The van der Waals surface area contributed by atoms with E-state index in [1.54, 1.807) is 27.2 Å². The summed E-state index contributed by atoms with van der Waals surface area (Å²) in [6.07, 6.45) is 3.79. The fraction of sp³-hybridized carbons (Fsp3) is 0.737. The molecule has 0 spiro atoms. The zero-order valence-electron chi connectivity index (χ0n) is 16.5. The first-order chi connectivity index (χ1) is 12.9. The van der Waals surface area contributed by atoms with Crippen LogP contribution in [0.15, 0.2) is 6.20 Å². The largest absolute Gasteiger partial charge is 0.481 e. The van der Waals surface area contributed by atoms with Gasteiger partial charge in [-0.2, -0.15) is 4.98 Å². The van der Waals surface area contributed by atoms with Gasteiger partial charge in [0.1, 0.15) is 5.82 Å². The van der Waals surface area contributed by atoms with Crippen molar-refractivity contribution in [3.05, 3.63) is 11.8 Å². The Kier molecular flexibility index (Phi) is 6.16. The van der Waals surface area contributed by atoms with Gasteiger partial charge in [-0.1, -0.05) is 0 Å². The lowest BCUT2D eigenvalue weighted by molar-refractivity contribution is -0.142. The first-order valence-electron chi connectivity index (χ1n) is 9.61. The molecule has 0 aliphatic carbocycles. The van der Waals surface area contributed by atoms with Crippen molar-refractivity contribution in [3.63, 3.8) is 0 Å². The van der Waals surface area contributed by atoms with Gasteiger partial charge in [0, 0.05) is 51.7 Å². The van der Waals surface area contributed by atoms with Crippen molar-refractivity contribution in [1.29, 1.82) is 0 Å². The molecule has 1 aromatic heterocycles. The van der Waals surface area contributed by atoms with Crippen molar-refractivity contribution in [3.8, 4) is 0 Å². The van der Waals surface area contributed by atoms with E-state index in [2.05, 4.69) is 14.8 Å². The number of rotatable bonds is 6. The first-order valence-corrected chi connectivity index (χ1v) is 9.61. The standard InChI is InChI=1S/C19H30N4O4/c1-19(2,17(24)25)15-12-20-18(21-16(15)22-8-10-27-11-9-22)23-6-4-14(5-7-23)13-26-3/h12,14H,4-11,13H2,1-3H3,(H,24,25). The molecule has 150 valence electrons. The maximum absolute atomic E-state index is 11.8. The predicted octanol–water partition coefficient (Wildman–Crippen LogP) is 1.54. The number of aliphatic carboxylic acids is 1. The van der Waals surface area contributed by atoms with Crippen LogP contribution < -0.4 is 9.80 Å². The number of carbonyl (C=O) groups is 1. The van der Waals surface area contributed by atoms with E-state index < -0.39 is 11.4 Å². The van der Waals surface area contributed by atoms with Crippen molar-refractivity contribution in [2.24, 2.45) is 5.92 Å². The normalized spacial score (nSPS) is 19.4. The van der Waals surface area contributed by atoms with Gasteiger partial charge < -0.3 is 24.4 Å². The lowest BCUT2D eigenvalue weighted by Crippen LogP contribution is -2.41. The summed E-state index contributed by atoms with van der Waals surface area (Å²) in [6, 6.07) is 0. The Balaban J connectivity index is 1.88. The molecule has 2 fully saturated rings. The number of carboxylic acids is 1. The third-order valence-corrected chi connectivity index (χ3v) is 5.57. The molecule has 0 atom stereocenters. The zero-order chi connectivity index (χ0) is 19.4. The fourth-order valence-electron chi connectivity index (χ4n) is 3.62. The van der Waals surface area contributed by atoms with Gasteiger partial charge in [0.25, 0.3) is 0 Å². The van der Waals surface area contributed by atoms with Crippen LogP contribution in [0.1, 0.15) is 32.3 Å². The molecule has 0 saturated carbocycles. The van der Waals surface area contributed by atoms with Crippen LogP contribution in [0, 0.1) is 5.92 Å². The zero-order valence-corrected chi connectivity index (χ0v) is 16.5. The molecule has 27 heavy (non-hydrogen) atoms. The second kappa shape index (κ2) is 8.39. The van der Waals surface area contributed by atoms with E-state index in [4.69, 9.17) is 14.5 Å². The van der Waals surface area contributed by atoms with E-state index in [9.17, 15) is 9.90 Å². The van der Waals surface area contributed by atoms with Crippen molar-refractivity contribution >= 4 is 17.7 Å². The fourth-order valence-corrected chi connectivity index (χ4v) is 3.62. The predicted molar refractivity (Wildman–Crippen MR) is 103 cm³/mol. The molecule has 0 amide bonds. The maximum Gasteiger partial charge on any atom is 0.313 e. The average molecular weight is 378 g/mol. The molecule has 3 heterocycles. The number of aromatic nitrogens is 2. The van der Waals surface area contributed by atoms with Crippen LogP contribution in [0.25, 0.3) is 0 Å². The number of methoxy groups -OCH3 is 1. The molecule has 3 rings (SSSR count). The number of morpholine rings is 1. The minimum absolute atomic E-state index is 0.579. The summed E-state index contributed by atoms with van der Waals surface area (Å²) in [5, 5.41) is 9.69. The summed E-state index contributed by atoms with van der Waals surface area (Å²) in [5.74, 6) is 1.09. The van der Waals surface area contributed by atoms with E-state index in [1.807, 2.05) is 0 Å². The maximum atomic E-state index is 11.8. The molecule has 0 aromatic carbocycles. The molecular weight excluding hydrogens is 348 g/mol. The van der Waals surface area contributed by atoms with E-state index in [-0.39, 0.29) is 0 Å². The number of piperidine rings is 1. The molecule has 0 radical (unpaired) electrons. The number of anilines is 2. The average Bonchev–Trinajstić information content (AvgIpc) is 2.69. The Hall–Kier alpha value is -1.93. The minimum Gasteiger partial charge on any atom is -0.481 e. The molecule has 2 aliphatic heterocycles. The van der Waals surface area contributed by atoms with E-state index in [0.717, 1.165) is 38.4 Å². The third-order valence-electron chi connectivity index (χ3n) is 5.57. The molecule has 2 aliphatic rings. The molecular formula is C19H30N4O4. The van der Waals surface area contributed by atoms with Crippen LogP contribution in [-0.4, -0.2) is 74.2 Å². The van der Waals surface area contributed by atoms with Gasteiger partial charge in [0.05, 0.1) is 18.6 Å². The summed E-state index contributed by atoms with van der Waals surface area (Å²) >= 11 is 0. The van der Waals surface area contributed by atoms with Gasteiger partial charge in [-0.3, -0.25) is 4.79 Å². The van der Waals surface area contributed by atoms with Gasteiger partial charge in [-0.15, -0.1) is 0 Å². The number of ether oxygens (including phenoxy) is 2. The van der Waals surface area contributed by atoms with Crippen LogP contribution in [0.3, 0.4) is 0 Å². The highest BCUT2D eigenvalue weighted by Gasteiger charge is 2.35. The third kappa shape index (κ3) is 4.32. The molecule has 8 nitrogen and oxygen atoms in total. The van der Waals surface area contributed by atoms with Crippen LogP contribution in [0.5, 0.6) is 0 Å². The van der Waals surface area contributed by atoms with Crippen LogP contribution >= 0.6 is 0 Å². The SMILES string of the molecule is COCC1CCN(c2ncc(C(C)(C)C(=O)O)c(N3CCOCC3)n2)CC1. The number of nitrogens with zero attached hydrogens (tertiary/aromatic N) is 4. The van der Waals surface area contributed by atoms with Crippen LogP contribution in [0.4, 0.5) is 11.8 Å². The highest BCUT2D eigenvalue weighted by Crippen LogP contribution is 2.33. The topological polar surface area (TPSA) is 88.0 Å². The Morgan fingerprint density at radius 2 is 1.93 bits per heavy atom. The van der Waals surface area contributed by atoms with Crippen molar-refractivity contribution in [1.82, 2.24) is 9.97 Å². The number of carboxylic acid groups (broad SMARTS) is 1. The second-order valence-electron chi connectivity index (χ2n) is 7.82. The van der Waals surface area contributed by atoms with Crippen molar-refractivity contribution in [2.45, 2.75) is 32.1 Å². The second-order valence-corrected chi connectivity index (χ2v) is 7.82. The molecule has 2 saturated heterocycles. The lowest BCUT2D eigenvalue weighted by atomic mass is 9.85. The van der Waals surface area contributed by atoms with E-state index in [0.29, 0.717) is 43.7 Å². The van der Waals surface area contributed by atoms with E-state index in [1.165, 1.54) is 0 Å².